The standard InChI is InChI=1S/C29H24BrN3O4S/c1-3-37-22-12-9-18(10-13-22)26-25(27(35)32-21-7-5-4-6-8-21)17(2)31-29-33(26)28(36)24(38-29)16-19-15-20(30)11-14-23(19)34/h4-16,26,34H,3H2,1-2H3,(H,32,35)/b24-16-/t26-/m1/s1. The van der Waals surface area contributed by atoms with Crippen molar-refractivity contribution in [1.29, 1.82) is 0 Å². The predicted molar refractivity (Wildman–Crippen MR) is 152 cm³/mol. The van der Waals surface area contributed by atoms with Crippen molar-refractivity contribution in [1.82, 2.24) is 4.57 Å². The SMILES string of the molecule is CCOc1ccc([C@@H]2C(C(=O)Nc3ccccc3)=C(C)N=c3s/c(=C\c4cc(Br)ccc4O)c(=O)n32)cc1. The third-order valence-electron chi connectivity index (χ3n) is 6.08. The molecule has 0 fully saturated rings. The van der Waals surface area contributed by atoms with Crippen molar-refractivity contribution in [2.75, 3.05) is 11.9 Å². The number of thiazole rings is 1. The quantitative estimate of drug-likeness (QED) is 0.340. The summed E-state index contributed by atoms with van der Waals surface area (Å²) in [5.74, 6) is 0.418. The second-order valence-corrected chi connectivity index (χ2v) is 10.5. The second-order valence-electron chi connectivity index (χ2n) is 8.61. The van der Waals surface area contributed by atoms with E-state index in [1.165, 1.54) is 11.3 Å². The molecule has 2 N–H and O–H groups in total. The van der Waals surface area contributed by atoms with E-state index in [1.54, 1.807) is 47.9 Å². The Kier molecular flexibility index (Phi) is 7.31. The fourth-order valence-corrected chi connectivity index (χ4v) is 5.76. The zero-order valence-electron chi connectivity index (χ0n) is 20.6. The van der Waals surface area contributed by atoms with Gasteiger partial charge in [0.05, 0.1) is 28.5 Å². The number of phenolic OH excluding ortho intramolecular Hbond substituents is 1. The van der Waals surface area contributed by atoms with Crippen LogP contribution in [0.2, 0.25) is 0 Å². The van der Waals surface area contributed by atoms with Crippen LogP contribution in [-0.2, 0) is 4.79 Å². The molecular formula is C29H24BrN3O4S. The van der Waals surface area contributed by atoms with Gasteiger partial charge in [0.2, 0.25) is 0 Å². The summed E-state index contributed by atoms with van der Waals surface area (Å²) in [6, 6.07) is 20.9. The van der Waals surface area contributed by atoms with Gasteiger partial charge in [-0.05, 0) is 68.0 Å². The molecule has 1 aliphatic heterocycles. The first-order valence-corrected chi connectivity index (χ1v) is 13.6. The Bertz CT molecular complexity index is 1720. The van der Waals surface area contributed by atoms with Crippen LogP contribution in [-0.4, -0.2) is 22.2 Å². The Morgan fingerprint density at radius 1 is 1.16 bits per heavy atom. The number of anilines is 1. The van der Waals surface area contributed by atoms with Crippen molar-refractivity contribution < 1.29 is 14.6 Å². The predicted octanol–water partition coefficient (Wildman–Crippen LogP) is 4.74. The summed E-state index contributed by atoms with van der Waals surface area (Å²) in [7, 11) is 0. The number of aromatic hydroxyl groups is 1. The Morgan fingerprint density at radius 3 is 2.61 bits per heavy atom. The van der Waals surface area contributed by atoms with E-state index in [1.807, 2.05) is 49.4 Å². The van der Waals surface area contributed by atoms with E-state index in [9.17, 15) is 14.7 Å². The summed E-state index contributed by atoms with van der Waals surface area (Å²) in [5.41, 5.74) is 2.49. The first-order chi connectivity index (χ1) is 18.4. The van der Waals surface area contributed by atoms with Crippen LogP contribution >= 0.6 is 27.3 Å². The molecule has 0 radical (unpaired) electrons. The lowest BCUT2D eigenvalue weighted by Crippen LogP contribution is -2.40. The average Bonchev–Trinajstić information content (AvgIpc) is 3.21. The third kappa shape index (κ3) is 5.07. The number of phenols is 1. The van der Waals surface area contributed by atoms with Crippen LogP contribution < -0.4 is 24.9 Å². The highest BCUT2D eigenvalue weighted by molar-refractivity contribution is 9.10. The van der Waals surface area contributed by atoms with Crippen LogP contribution in [0.25, 0.3) is 6.08 Å². The molecule has 0 spiro atoms. The van der Waals surface area contributed by atoms with E-state index in [-0.39, 0.29) is 17.2 Å². The molecule has 9 heteroatoms. The molecule has 0 unspecified atom stereocenters. The maximum Gasteiger partial charge on any atom is 0.271 e. The monoisotopic (exact) mass is 589 g/mol. The van der Waals surface area contributed by atoms with E-state index in [2.05, 4.69) is 26.2 Å². The van der Waals surface area contributed by atoms with Crippen LogP contribution in [0.5, 0.6) is 11.5 Å². The molecule has 1 aromatic heterocycles. The first-order valence-electron chi connectivity index (χ1n) is 12.0. The molecule has 1 aliphatic rings. The number of para-hydroxylation sites is 1. The number of rotatable bonds is 6. The van der Waals surface area contributed by atoms with Gasteiger partial charge in [0.25, 0.3) is 11.5 Å². The van der Waals surface area contributed by atoms with Crippen molar-refractivity contribution in [3.05, 3.63) is 119 Å². The summed E-state index contributed by atoms with van der Waals surface area (Å²) < 4.78 is 8.32. The Balaban J connectivity index is 1.67. The van der Waals surface area contributed by atoms with Crippen LogP contribution in [0.15, 0.2) is 98.3 Å². The zero-order chi connectivity index (χ0) is 26.8. The van der Waals surface area contributed by atoms with Crippen molar-refractivity contribution in [3.63, 3.8) is 0 Å². The summed E-state index contributed by atoms with van der Waals surface area (Å²) in [4.78, 5) is 32.6. The summed E-state index contributed by atoms with van der Waals surface area (Å²) in [6.07, 6.45) is 1.64. The van der Waals surface area contributed by atoms with E-state index < -0.39 is 6.04 Å². The molecule has 2 heterocycles. The first kappa shape index (κ1) is 25.7. The Labute approximate surface area is 231 Å². The van der Waals surface area contributed by atoms with Gasteiger partial charge in [-0.15, -0.1) is 0 Å². The molecular weight excluding hydrogens is 566 g/mol. The Hall–Kier alpha value is -3.95. The molecule has 4 aromatic rings. The van der Waals surface area contributed by atoms with Gasteiger partial charge in [0.15, 0.2) is 4.80 Å². The van der Waals surface area contributed by atoms with E-state index in [0.717, 1.165) is 10.0 Å². The maximum atomic E-state index is 13.8. The van der Waals surface area contributed by atoms with Crippen molar-refractivity contribution in [3.8, 4) is 11.5 Å². The summed E-state index contributed by atoms with van der Waals surface area (Å²) >= 11 is 4.62. The highest BCUT2D eigenvalue weighted by Crippen LogP contribution is 2.32. The number of carbonyl (C=O) groups is 1. The molecule has 5 rings (SSSR count). The molecule has 192 valence electrons. The minimum absolute atomic E-state index is 0.0567. The van der Waals surface area contributed by atoms with E-state index >= 15 is 0 Å². The zero-order valence-corrected chi connectivity index (χ0v) is 23.0. The normalized spacial score (nSPS) is 15.1. The van der Waals surface area contributed by atoms with Gasteiger partial charge in [-0.2, -0.15) is 0 Å². The number of nitrogens with one attached hydrogen (secondary N) is 1. The fourth-order valence-electron chi connectivity index (χ4n) is 4.34. The number of benzene rings is 3. The van der Waals surface area contributed by atoms with Crippen LogP contribution in [0.1, 0.15) is 31.0 Å². The van der Waals surface area contributed by atoms with Crippen molar-refractivity contribution in [2.24, 2.45) is 4.99 Å². The van der Waals surface area contributed by atoms with Crippen LogP contribution in [0.4, 0.5) is 5.69 Å². The van der Waals surface area contributed by atoms with Crippen molar-refractivity contribution >= 4 is 44.9 Å². The highest BCUT2D eigenvalue weighted by atomic mass is 79.9. The van der Waals surface area contributed by atoms with E-state index in [0.29, 0.717) is 44.2 Å². The lowest BCUT2D eigenvalue weighted by Gasteiger charge is -2.25. The van der Waals surface area contributed by atoms with E-state index in [4.69, 9.17) is 4.74 Å². The lowest BCUT2D eigenvalue weighted by molar-refractivity contribution is -0.113. The van der Waals surface area contributed by atoms with Gasteiger partial charge in [-0.1, -0.05) is 57.6 Å². The molecule has 3 aromatic carbocycles. The number of carbonyl (C=O) groups excluding carboxylic acids is 1. The van der Waals surface area contributed by atoms with Gasteiger partial charge in [-0.3, -0.25) is 14.2 Å². The number of ether oxygens (including phenoxy) is 1. The molecule has 1 atom stereocenters. The van der Waals surface area contributed by atoms with Crippen molar-refractivity contribution in [2.45, 2.75) is 19.9 Å². The number of nitrogens with zero attached hydrogens (tertiary/aromatic N) is 2. The molecule has 7 nitrogen and oxygen atoms in total. The Morgan fingerprint density at radius 2 is 1.89 bits per heavy atom. The van der Waals surface area contributed by atoms with Crippen LogP contribution in [0.3, 0.4) is 0 Å². The number of halogens is 1. The summed E-state index contributed by atoms with van der Waals surface area (Å²) in [5, 5.41) is 13.3. The largest absolute Gasteiger partial charge is 0.507 e. The molecule has 0 bridgehead atoms. The molecule has 0 aliphatic carbocycles. The maximum absolute atomic E-state index is 13.8. The summed E-state index contributed by atoms with van der Waals surface area (Å²) in [6.45, 7) is 4.22. The van der Waals surface area contributed by atoms with Crippen LogP contribution in [0, 0.1) is 0 Å². The molecule has 0 saturated carbocycles. The molecule has 38 heavy (non-hydrogen) atoms. The topological polar surface area (TPSA) is 92.9 Å². The number of amides is 1. The number of allylic oxidation sites excluding steroid dienone is 1. The number of fused-ring (bicyclic) bond motifs is 1. The van der Waals surface area contributed by atoms with Gasteiger partial charge < -0.3 is 15.2 Å². The second kappa shape index (κ2) is 10.8. The number of hydrogen-bond donors (Lipinski definition) is 2. The number of hydrogen-bond acceptors (Lipinski definition) is 6. The smallest absolute Gasteiger partial charge is 0.271 e. The third-order valence-corrected chi connectivity index (χ3v) is 7.56. The average molecular weight is 590 g/mol. The van der Waals surface area contributed by atoms with Gasteiger partial charge in [0.1, 0.15) is 11.5 Å². The van der Waals surface area contributed by atoms with Gasteiger partial charge in [-0.25, -0.2) is 4.99 Å². The van der Waals surface area contributed by atoms with Gasteiger partial charge in [0, 0.05) is 15.7 Å². The minimum atomic E-state index is -0.705. The number of aromatic nitrogens is 1. The van der Waals surface area contributed by atoms with Gasteiger partial charge >= 0.3 is 0 Å². The molecule has 1 amide bonds. The minimum Gasteiger partial charge on any atom is -0.507 e. The molecule has 0 saturated heterocycles. The lowest BCUT2D eigenvalue weighted by atomic mass is 9.95. The highest BCUT2D eigenvalue weighted by Gasteiger charge is 2.32. The fraction of sp³-hybridized carbons (Fsp3) is 0.138.